The summed E-state index contributed by atoms with van der Waals surface area (Å²) in [6.45, 7) is 3.78. The number of benzene rings is 1. The van der Waals surface area contributed by atoms with Crippen molar-refractivity contribution in [2.24, 2.45) is 5.10 Å². The van der Waals surface area contributed by atoms with Gasteiger partial charge in [-0.2, -0.15) is 9.78 Å². The number of nitrogens with zero attached hydrogens (tertiary/aromatic N) is 3. The monoisotopic (exact) mass is 463 g/mol. The number of carbonyl (C=O) groups is 1. The number of ether oxygens (including phenoxy) is 1. The van der Waals surface area contributed by atoms with Gasteiger partial charge in [-0.25, -0.2) is 9.78 Å². The fraction of sp³-hybridized carbons (Fsp3) is 0.222. The molecular formula is C18H14BrN3O3S2. The van der Waals surface area contributed by atoms with Crippen molar-refractivity contribution >= 4 is 60.9 Å². The molecule has 0 N–H and O–H groups in total. The van der Waals surface area contributed by atoms with Gasteiger partial charge in [0, 0.05) is 10.2 Å². The molecule has 3 heterocycles. The van der Waals surface area contributed by atoms with Gasteiger partial charge in [-0.05, 0) is 37.1 Å². The molecule has 1 aromatic carbocycles. The van der Waals surface area contributed by atoms with Gasteiger partial charge in [0.1, 0.15) is 9.71 Å². The average Bonchev–Trinajstić information content (AvgIpc) is 2.99. The minimum absolute atomic E-state index is 0.263. The summed E-state index contributed by atoms with van der Waals surface area (Å²) >= 11 is 6.07. The number of hydrogen-bond acceptors (Lipinski definition) is 7. The molecule has 0 amide bonds. The molecule has 1 aliphatic heterocycles. The summed E-state index contributed by atoms with van der Waals surface area (Å²) in [7, 11) is 0. The number of esters is 1. The summed E-state index contributed by atoms with van der Waals surface area (Å²) in [5, 5.41) is 5.49. The molecule has 0 spiro atoms. The van der Waals surface area contributed by atoms with Crippen LogP contribution < -0.4 is 5.56 Å². The van der Waals surface area contributed by atoms with E-state index in [1.165, 1.54) is 27.8 Å². The maximum atomic E-state index is 13.1. The van der Waals surface area contributed by atoms with Crippen molar-refractivity contribution < 1.29 is 9.53 Å². The van der Waals surface area contributed by atoms with E-state index >= 15 is 0 Å². The minimum atomic E-state index is -0.424. The number of carbonyl (C=O) groups excluding carboxylic acids is 1. The number of aromatic nitrogens is 2. The lowest BCUT2D eigenvalue weighted by molar-refractivity contribution is 0.0531. The van der Waals surface area contributed by atoms with Crippen LogP contribution in [0.3, 0.4) is 0 Å². The zero-order valence-electron chi connectivity index (χ0n) is 14.5. The summed E-state index contributed by atoms with van der Waals surface area (Å²) in [6.07, 6.45) is 0. The Morgan fingerprint density at radius 1 is 1.33 bits per heavy atom. The molecule has 0 bridgehead atoms. The van der Waals surface area contributed by atoms with E-state index in [4.69, 9.17) is 4.74 Å². The second-order valence-corrected chi connectivity index (χ2v) is 8.67. The molecular weight excluding hydrogens is 450 g/mol. The molecule has 1 aliphatic rings. The molecule has 0 saturated carbocycles. The van der Waals surface area contributed by atoms with Crippen LogP contribution >= 0.6 is 39.0 Å². The van der Waals surface area contributed by atoms with Gasteiger partial charge < -0.3 is 4.74 Å². The lowest BCUT2D eigenvalue weighted by Crippen LogP contribution is -2.25. The van der Waals surface area contributed by atoms with Crippen LogP contribution in [0, 0.1) is 6.92 Å². The third kappa shape index (κ3) is 3.24. The van der Waals surface area contributed by atoms with Crippen molar-refractivity contribution in [2.75, 3.05) is 12.4 Å². The summed E-state index contributed by atoms with van der Waals surface area (Å²) < 4.78 is 7.41. The predicted molar refractivity (Wildman–Crippen MR) is 111 cm³/mol. The molecule has 0 aliphatic carbocycles. The van der Waals surface area contributed by atoms with Crippen molar-refractivity contribution in [2.45, 2.75) is 19.0 Å². The highest BCUT2D eigenvalue weighted by molar-refractivity contribution is 9.10. The van der Waals surface area contributed by atoms with E-state index in [1.807, 2.05) is 24.3 Å². The molecule has 3 aromatic rings. The molecule has 6 nitrogen and oxygen atoms in total. The number of aryl methyl sites for hydroxylation is 1. The Morgan fingerprint density at radius 3 is 2.78 bits per heavy atom. The second-order valence-electron chi connectivity index (χ2n) is 5.81. The largest absolute Gasteiger partial charge is 0.462 e. The Bertz CT molecular complexity index is 1150. The maximum absolute atomic E-state index is 13.1. The summed E-state index contributed by atoms with van der Waals surface area (Å²) in [4.78, 5) is 30.7. The lowest BCUT2D eigenvalue weighted by Gasteiger charge is -2.15. The second kappa shape index (κ2) is 7.21. The molecule has 0 radical (unpaired) electrons. The first-order valence-electron chi connectivity index (χ1n) is 8.19. The van der Waals surface area contributed by atoms with Gasteiger partial charge in [0.25, 0.3) is 5.56 Å². The van der Waals surface area contributed by atoms with E-state index in [1.54, 1.807) is 13.8 Å². The number of thiophene rings is 1. The standard InChI is InChI=1S/C18H14BrN3O3S2/c1-3-25-17(24)14-9(2)13-15(27-14)20-18-22(16(13)23)21-12(8-26-18)10-4-6-11(19)7-5-10/h4-7H,3,8H2,1-2H3. The molecule has 9 heteroatoms. The predicted octanol–water partition coefficient (Wildman–Crippen LogP) is 4.06. The Hall–Kier alpha value is -1.97. The minimum Gasteiger partial charge on any atom is -0.462 e. The van der Waals surface area contributed by atoms with E-state index in [-0.39, 0.29) is 12.2 Å². The van der Waals surface area contributed by atoms with E-state index < -0.39 is 5.97 Å². The van der Waals surface area contributed by atoms with E-state index in [2.05, 4.69) is 26.0 Å². The molecule has 0 fully saturated rings. The van der Waals surface area contributed by atoms with Crippen molar-refractivity contribution in [3.8, 4) is 0 Å². The van der Waals surface area contributed by atoms with Gasteiger partial charge in [0.15, 0.2) is 5.16 Å². The Kier molecular flexibility index (Phi) is 4.92. The summed E-state index contributed by atoms with van der Waals surface area (Å²) in [5.74, 6) is 0.196. The van der Waals surface area contributed by atoms with Crippen molar-refractivity contribution in [3.05, 3.63) is 55.1 Å². The van der Waals surface area contributed by atoms with Gasteiger partial charge in [0.2, 0.25) is 0 Å². The Balaban J connectivity index is 1.86. The smallest absolute Gasteiger partial charge is 0.348 e. The number of hydrogen-bond donors (Lipinski definition) is 0. The molecule has 138 valence electrons. The van der Waals surface area contributed by atoms with Crippen LogP contribution in [-0.2, 0) is 4.74 Å². The first-order chi connectivity index (χ1) is 13.0. The van der Waals surface area contributed by atoms with Gasteiger partial charge in [-0.1, -0.05) is 39.8 Å². The van der Waals surface area contributed by atoms with Gasteiger partial charge in [-0.3, -0.25) is 4.79 Å². The van der Waals surface area contributed by atoms with Crippen LogP contribution in [-0.4, -0.2) is 33.7 Å². The highest BCUT2D eigenvalue weighted by atomic mass is 79.9. The number of halogens is 1. The van der Waals surface area contributed by atoms with E-state index in [0.29, 0.717) is 31.6 Å². The first-order valence-corrected chi connectivity index (χ1v) is 10.8. The maximum Gasteiger partial charge on any atom is 0.348 e. The topological polar surface area (TPSA) is 73.5 Å². The molecule has 0 atom stereocenters. The van der Waals surface area contributed by atoms with Crippen molar-refractivity contribution in [1.82, 2.24) is 9.66 Å². The van der Waals surface area contributed by atoms with Crippen LogP contribution in [0.5, 0.6) is 0 Å². The molecule has 0 saturated heterocycles. The van der Waals surface area contributed by atoms with Crippen LogP contribution in [0.25, 0.3) is 10.2 Å². The highest BCUT2D eigenvalue weighted by Crippen LogP contribution is 2.31. The zero-order valence-corrected chi connectivity index (χ0v) is 17.7. The average molecular weight is 464 g/mol. The summed E-state index contributed by atoms with van der Waals surface area (Å²) in [5.41, 5.74) is 2.10. The molecule has 27 heavy (non-hydrogen) atoms. The van der Waals surface area contributed by atoms with Crippen LogP contribution in [0.2, 0.25) is 0 Å². The van der Waals surface area contributed by atoms with Crippen molar-refractivity contribution in [1.29, 1.82) is 0 Å². The fourth-order valence-corrected chi connectivity index (χ4v) is 5.07. The van der Waals surface area contributed by atoms with E-state index in [9.17, 15) is 9.59 Å². The quantitative estimate of drug-likeness (QED) is 0.432. The highest BCUT2D eigenvalue weighted by Gasteiger charge is 2.24. The molecule has 0 unspecified atom stereocenters. The molecule has 2 aromatic heterocycles. The third-order valence-electron chi connectivity index (χ3n) is 4.11. The van der Waals surface area contributed by atoms with E-state index in [0.717, 1.165) is 15.7 Å². The van der Waals surface area contributed by atoms with Crippen molar-refractivity contribution in [3.63, 3.8) is 0 Å². The van der Waals surface area contributed by atoms with Gasteiger partial charge in [-0.15, -0.1) is 11.3 Å². The van der Waals surface area contributed by atoms with Crippen LogP contribution in [0.4, 0.5) is 0 Å². The Morgan fingerprint density at radius 2 is 2.07 bits per heavy atom. The fourth-order valence-electron chi connectivity index (χ4n) is 2.79. The zero-order chi connectivity index (χ0) is 19.1. The Labute approximate surface area is 171 Å². The number of rotatable bonds is 3. The molecule has 4 rings (SSSR count). The third-order valence-corrected chi connectivity index (χ3v) is 6.74. The first kappa shape index (κ1) is 18.4. The van der Waals surface area contributed by atoms with Crippen LogP contribution in [0.1, 0.15) is 27.7 Å². The SMILES string of the molecule is CCOC(=O)c1sc2nc3n(c(=O)c2c1C)N=C(c1ccc(Br)cc1)CS3. The summed E-state index contributed by atoms with van der Waals surface area (Å²) in [6, 6.07) is 7.80. The number of thioether (sulfide) groups is 1. The van der Waals surface area contributed by atoms with Crippen LogP contribution in [0.15, 0.2) is 43.8 Å². The van der Waals surface area contributed by atoms with Gasteiger partial charge >= 0.3 is 5.97 Å². The normalized spacial score (nSPS) is 13.4. The lowest BCUT2D eigenvalue weighted by atomic mass is 10.1. The van der Waals surface area contributed by atoms with Gasteiger partial charge in [0.05, 0.1) is 17.7 Å². The number of fused-ring (bicyclic) bond motifs is 2.